The molecule has 0 fully saturated rings. The molecule has 0 aliphatic rings. The summed E-state index contributed by atoms with van der Waals surface area (Å²) in [5, 5.41) is 5.85. The molecule has 0 saturated heterocycles. The minimum absolute atomic E-state index is 0.209. The Balaban J connectivity index is 1.65. The fourth-order valence-electron chi connectivity index (χ4n) is 3.51. The number of amides is 2. The zero-order valence-electron chi connectivity index (χ0n) is 19.9. The van der Waals surface area contributed by atoms with Crippen LogP contribution in [-0.4, -0.2) is 53.3 Å². The summed E-state index contributed by atoms with van der Waals surface area (Å²) in [6.07, 6.45) is 4.72. The van der Waals surface area contributed by atoms with Crippen molar-refractivity contribution >= 4 is 11.8 Å². The molecule has 2 rings (SSSR count). The molecule has 2 aromatic carbocycles. The Morgan fingerprint density at radius 2 is 0.879 bits per heavy atom. The van der Waals surface area contributed by atoms with E-state index in [1.165, 1.54) is 28.4 Å². The lowest BCUT2D eigenvalue weighted by molar-refractivity contribution is 0.0938. The Labute approximate surface area is 195 Å². The highest BCUT2D eigenvalue weighted by atomic mass is 16.5. The molecule has 2 N–H and O–H groups in total. The number of unbranched alkanes of at least 4 members (excludes halogenated alkanes) is 4. The van der Waals surface area contributed by atoms with E-state index in [4.69, 9.17) is 18.9 Å². The maximum absolute atomic E-state index is 12.5. The molecule has 180 valence electrons. The number of carbonyl (C=O) groups excluding carboxylic acids is 2. The summed E-state index contributed by atoms with van der Waals surface area (Å²) in [5.74, 6) is 1.52. The molecule has 0 atom stereocenters. The summed E-state index contributed by atoms with van der Waals surface area (Å²) >= 11 is 0. The minimum atomic E-state index is -0.209. The zero-order chi connectivity index (χ0) is 24.1. The van der Waals surface area contributed by atoms with Crippen LogP contribution in [0.1, 0.15) is 52.8 Å². The van der Waals surface area contributed by atoms with Crippen molar-refractivity contribution in [2.75, 3.05) is 41.5 Å². The number of hydrogen-bond donors (Lipinski definition) is 2. The van der Waals surface area contributed by atoms with Gasteiger partial charge in [-0.1, -0.05) is 31.4 Å². The third-order valence-corrected chi connectivity index (χ3v) is 5.23. The van der Waals surface area contributed by atoms with Crippen LogP contribution >= 0.6 is 0 Å². The highest BCUT2D eigenvalue weighted by molar-refractivity contribution is 6.00. The maximum atomic E-state index is 12.5. The lowest BCUT2D eigenvalue weighted by atomic mass is 10.1. The van der Waals surface area contributed by atoms with Gasteiger partial charge in [-0.05, 0) is 37.1 Å². The van der Waals surface area contributed by atoms with E-state index in [0.717, 1.165) is 32.1 Å². The van der Waals surface area contributed by atoms with Crippen LogP contribution in [0, 0.1) is 0 Å². The Hall–Kier alpha value is -3.42. The van der Waals surface area contributed by atoms with Crippen molar-refractivity contribution in [2.45, 2.75) is 32.1 Å². The molecule has 0 spiro atoms. The molecule has 0 aromatic heterocycles. The second-order valence-electron chi connectivity index (χ2n) is 7.35. The van der Waals surface area contributed by atoms with Crippen LogP contribution in [0.5, 0.6) is 23.0 Å². The Kier molecular flexibility index (Phi) is 10.9. The van der Waals surface area contributed by atoms with Gasteiger partial charge in [0, 0.05) is 13.1 Å². The molecule has 8 heteroatoms. The molecule has 2 amide bonds. The van der Waals surface area contributed by atoms with Crippen LogP contribution in [-0.2, 0) is 0 Å². The molecular weight excluding hydrogens is 424 g/mol. The second kappa shape index (κ2) is 13.9. The Bertz CT molecular complexity index is 798. The first-order chi connectivity index (χ1) is 16.1. The molecule has 8 nitrogen and oxygen atoms in total. The molecule has 0 aliphatic heterocycles. The van der Waals surface area contributed by atoms with E-state index >= 15 is 0 Å². The fourth-order valence-corrected chi connectivity index (χ4v) is 3.51. The third-order valence-electron chi connectivity index (χ3n) is 5.23. The Morgan fingerprint density at radius 3 is 1.18 bits per heavy atom. The lowest BCUT2D eigenvalue weighted by Crippen LogP contribution is -2.26. The SMILES string of the molecule is COc1cccc(OC)c1C(=O)NCCCCCCCNC(=O)c1c(OC)cccc1OC. The predicted octanol–water partition coefficient (Wildman–Crippen LogP) is 3.83. The van der Waals surface area contributed by atoms with Crippen LogP contribution in [0.4, 0.5) is 0 Å². The minimum Gasteiger partial charge on any atom is -0.496 e. The first-order valence-electron chi connectivity index (χ1n) is 11.1. The quantitative estimate of drug-likeness (QED) is 0.418. The van der Waals surface area contributed by atoms with Gasteiger partial charge in [-0.25, -0.2) is 0 Å². The Morgan fingerprint density at radius 1 is 0.576 bits per heavy atom. The van der Waals surface area contributed by atoms with Gasteiger partial charge in [0.1, 0.15) is 34.1 Å². The summed E-state index contributed by atoms with van der Waals surface area (Å²) in [6, 6.07) is 10.5. The highest BCUT2D eigenvalue weighted by Gasteiger charge is 2.18. The van der Waals surface area contributed by atoms with E-state index in [1.807, 2.05) is 0 Å². The molecular formula is C25H34N2O6. The van der Waals surface area contributed by atoms with Gasteiger partial charge in [0.25, 0.3) is 11.8 Å². The van der Waals surface area contributed by atoms with Gasteiger partial charge in [-0.2, -0.15) is 0 Å². The molecule has 0 saturated carbocycles. The zero-order valence-corrected chi connectivity index (χ0v) is 19.9. The van der Waals surface area contributed by atoms with E-state index in [-0.39, 0.29) is 11.8 Å². The number of carbonyl (C=O) groups is 2. The number of nitrogens with one attached hydrogen (secondary N) is 2. The number of benzene rings is 2. The van der Waals surface area contributed by atoms with E-state index in [2.05, 4.69) is 10.6 Å². The van der Waals surface area contributed by atoms with Gasteiger partial charge in [-0.15, -0.1) is 0 Å². The maximum Gasteiger partial charge on any atom is 0.258 e. The molecule has 2 aromatic rings. The monoisotopic (exact) mass is 458 g/mol. The highest BCUT2D eigenvalue weighted by Crippen LogP contribution is 2.28. The summed E-state index contributed by atoms with van der Waals surface area (Å²) < 4.78 is 21.1. The average molecular weight is 459 g/mol. The molecule has 33 heavy (non-hydrogen) atoms. The van der Waals surface area contributed by atoms with Crippen molar-refractivity contribution in [1.82, 2.24) is 10.6 Å². The van der Waals surface area contributed by atoms with Crippen LogP contribution in [0.3, 0.4) is 0 Å². The largest absolute Gasteiger partial charge is 0.496 e. The molecule has 0 radical (unpaired) electrons. The first-order valence-corrected chi connectivity index (χ1v) is 11.1. The summed E-state index contributed by atoms with van der Waals surface area (Å²) in [7, 11) is 6.11. The van der Waals surface area contributed by atoms with Gasteiger partial charge in [-0.3, -0.25) is 9.59 Å². The van der Waals surface area contributed by atoms with Crippen LogP contribution in [0.15, 0.2) is 36.4 Å². The van der Waals surface area contributed by atoms with Crippen molar-refractivity contribution in [1.29, 1.82) is 0 Å². The number of rotatable bonds is 14. The van der Waals surface area contributed by atoms with Crippen molar-refractivity contribution in [3.8, 4) is 23.0 Å². The smallest absolute Gasteiger partial charge is 0.258 e. The molecule has 0 heterocycles. The molecule has 0 unspecified atom stereocenters. The van der Waals surface area contributed by atoms with Gasteiger partial charge in [0.2, 0.25) is 0 Å². The van der Waals surface area contributed by atoms with Gasteiger partial charge < -0.3 is 29.6 Å². The topological polar surface area (TPSA) is 95.1 Å². The van der Waals surface area contributed by atoms with E-state index < -0.39 is 0 Å². The number of ether oxygens (including phenoxy) is 4. The third kappa shape index (κ3) is 7.30. The fraction of sp³-hybridized carbons (Fsp3) is 0.440. The summed E-state index contributed by atoms with van der Waals surface area (Å²) in [4.78, 5) is 25.0. The first kappa shape index (κ1) is 25.8. The van der Waals surface area contributed by atoms with Gasteiger partial charge >= 0.3 is 0 Å². The average Bonchev–Trinajstić information content (AvgIpc) is 2.85. The summed E-state index contributed by atoms with van der Waals surface area (Å²) in [5.41, 5.74) is 0.815. The molecule has 0 aliphatic carbocycles. The van der Waals surface area contributed by atoms with Crippen molar-refractivity contribution < 1.29 is 28.5 Å². The normalized spacial score (nSPS) is 10.3. The van der Waals surface area contributed by atoms with Crippen molar-refractivity contribution in [3.63, 3.8) is 0 Å². The van der Waals surface area contributed by atoms with E-state index in [1.54, 1.807) is 36.4 Å². The van der Waals surface area contributed by atoms with E-state index in [9.17, 15) is 9.59 Å². The molecule has 0 bridgehead atoms. The van der Waals surface area contributed by atoms with E-state index in [0.29, 0.717) is 47.2 Å². The number of methoxy groups -OCH3 is 4. The van der Waals surface area contributed by atoms with Crippen LogP contribution in [0.25, 0.3) is 0 Å². The second-order valence-corrected chi connectivity index (χ2v) is 7.35. The predicted molar refractivity (Wildman–Crippen MR) is 127 cm³/mol. The van der Waals surface area contributed by atoms with Crippen LogP contribution < -0.4 is 29.6 Å². The van der Waals surface area contributed by atoms with Gasteiger partial charge in [0.05, 0.1) is 28.4 Å². The van der Waals surface area contributed by atoms with Crippen molar-refractivity contribution in [3.05, 3.63) is 47.5 Å². The lowest BCUT2D eigenvalue weighted by Gasteiger charge is -2.13. The standard InChI is InChI=1S/C25H34N2O6/c1-30-18-12-10-13-19(31-2)22(18)24(28)26-16-8-6-5-7-9-17-27-25(29)23-20(32-3)14-11-15-21(23)33-4/h10-15H,5-9,16-17H2,1-4H3,(H,26,28)(H,27,29). The van der Waals surface area contributed by atoms with Crippen molar-refractivity contribution in [2.24, 2.45) is 0 Å². The van der Waals surface area contributed by atoms with Crippen LogP contribution in [0.2, 0.25) is 0 Å². The van der Waals surface area contributed by atoms with Gasteiger partial charge in [0.15, 0.2) is 0 Å². The summed E-state index contributed by atoms with van der Waals surface area (Å²) in [6.45, 7) is 1.15. The number of hydrogen-bond acceptors (Lipinski definition) is 6.